The zero-order valence-corrected chi connectivity index (χ0v) is 19.5. The Labute approximate surface area is 194 Å². The average molecular weight is 488 g/mol. The number of fused-ring (bicyclic) bond motifs is 1. The van der Waals surface area contributed by atoms with Gasteiger partial charge in [0.2, 0.25) is 10.9 Å². The van der Waals surface area contributed by atoms with E-state index in [2.05, 4.69) is 35.1 Å². The third-order valence-corrected chi connectivity index (χ3v) is 5.13. The number of azo groups is 1. The van der Waals surface area contributed by atoms with Crippen LogP contribution in [0.25, 0.3) is 5.65 Å². The summed E-state index contributed by atoms with van der Waals surface area (Å²) in [5, 5.41) is 44.9. The smallest absolute Gasteiger partial charge is 0.323 e. The summed E-state index contributed by atoms with van der Waals surface area (Å²) >= 11 is 0. The van der Waals surface area contributed by atoms with E-state index >= 15 is 0 Å². The number of imidazole rings is 1. The lowest BCUT2D eigenvalue weighted by Gasteiger charge is -2.15. The minimum atomic E-state index is -2.75. The van der Waals surface area contributed by atoms with Gasteiger partial charge >= 0.3 is 5.97 Å². The van der Waals surface area contributed by atoms with Crippen molar-refractivity contribution < 1.29 is 18.3 Å². The van der Waals surface area contributed by atoms with Crippen molar-refractivity contribution in [2.24, 2.45) is 10.2 Å². The number of aromatic amines is 1. The fourth-order valence-electron chi connectivity index (χ4n) is 3.05. The molecule has 3 N–H and O–H groups in total. The second-order valence-electron chi connectivity index (χ2n) is 8.33. The molecule has 16 heteroatoms. The van der Waals surface area contributed by atoms with E-state index in [0.29, 0.717) is 22.9 Å². The lowest BCUT2D eigenvalue weighted by molar-refractivity contribution is -0.137. The topological polar surface area (TPSA) is 220 Å². The van der Waals surface area contributed by atoms with Gasteiger partial charge in [0.25, 0.3) is 5.95 Å². The van der Waals surface area contributed by atoms with Crippen LogP contribution in [-0.4, -0.2) is 55.4 Å². The summed E-state index contributed by atoms with van der Waals surface area (Å²) in [5.74, 6) is -1.33. The molecule has 0 amide bonds. The predicted octanol–water partition coefficient (Wildman–Crippen LogP) is 1.01. The molecule has 15 nitrogen and oxygen atoms in total. The standard InChI is InChI=1S/C18H21N11O4S/c1-9(7-21-34(32)33)15-23-16-13(14(18(2,3)4)26-29(16)27-15)24-25-17-22-10(5-19)11(6-20)28(17)8-12(30)31/h9,34H,7-8H2,1-4H3,(H,23,27)(H,30,31)(H,21,32,33)/b25-24+. The lowest BCUT2D eigenvalue weighted by atomic mass is 9.91. The third kappa shape index (κ3) is 4.92. The SMILES string of the molecule is CC(CN[SH](=O)=O)c1nn2nc(C(C)(C)C)c(/N=N/c3nc(C#N)c(C#N)n3CC(=O)O)c2[nH]1. The summed E-state index contributed by atoms with van der Waals surface area (Å²) in [6.07, 6.45) is 0. The van der Waals surface area contributed by atoms with Crippen LogP contribution in [-0.2, 0) is 27.6 Å². The maximum Gasteiger partial charge on any atom is 0.323 e. The number of rotatable bonds is 8. The Morgan fingerprint density at radius 3 is 2.53 bits per heavy atom. The molecule has 1 atom stereocenters. The van der Waals surface area contributed by atoms with Crippen molar-refractivity contribution in [2.45, 2.75) is 45.6 Å². The van der Waals surface area contributed by atoms with Crippen molar-refractivity contribution >= 4 is 34.1 Å². The number of thiol groups is 1. The first-order valence-electron chi connectivity index (χ1n) is 9.87. The molecule has 0 fully saturated rings. The highest BCUT2D eigenvalue weighted by Crippen LogP contribution is 2.35. The molecule has 3 heterocycles. The Hall–Kier alpha value is -4.15. The molecular weight excluding hydrogens is 466 g/mol. The maximum atomic E-state index is 11.3. The van der Waals surface area contributed by atoms with E-state index in [1.165, 1.54) is 4.63 Å². The minimum Gasteiger partial charge on any atom is -0.480 e. The molecule has 0 aliphatic rings. The predicted molar refractivity (Wildman–Crippen MR) is 116 cm³/mol. The lowest BCUT2D eigenvalue weighted by Crippen LogP contribution is -2.19. The van der Waals surface area contributed by atoms with Gasteiger partial charge in [0.15, 0.2) is 22.7 Å². The van der Waals surface area contributed by atoms with Crippen LogP contribution >= 0.6 is 0 Å². The number of aliphatic carboxylic acids is 1. The van der Waals surface area contributed by atoms with Gasteiger partial charge < -0.3 is 10.1 Å². The van der Waals surface area contributed by atoms with Crippen LogP contribution in [0, 0.1) is 22.7 Å². The summed E-state index contributed by atoms with van der Waals surface area (Å²) in [6, 6.07) is 3.51. The van der Waals surface area contributed by atoms with Gasteiger partial charge in [-0.3, -0.25) is 9.36 Å². The van der Waals surface area contributed by atoms with Crippen LogP contribution in [0.1, 0.15) is 56.5 Å². The van der Waals surface area contributed by atoms with Crippen molar-refractivity contribution in [1.29, 1.82) is 10.5 Å². The molecule has 3 rings (SSSR count). The number of nitrogens with zero attached hydrogens (tertiary/aromatic N) is 9. The van der Waals surface area contributed by atoms with Crippen LogP contribution in [0.4, 0.5) is 11.6 Å². The third-order valence-electron chi connectivity index (χ3n) is 4.69. The molecule has 3 aromatic heterocycles. The zero-order valence-electron chi connectivity index (χ0n) is 18.6. The van der Waals surface area contributed by atoms with Gasteiger partial charge in [-0.2, -0.15) is 20.6 Å². The summed E-state index contributed by atoms with van der Waals surface area (Å²) in [7, 11) is -2.75. The number of carboxylic acids is 1. The van der Waals surface area contributed by atoms with E-state index in [0.717, 1.165) is 4.57 Å². The fraction of sp³-hybridized carbons (Fsp3) is 0.444. The quantitative estimate of drug-likeness (QED) is 0.263. The second kappa shape index (κ2) is 9.38. The Kier molecular flexibility index (Phi) is 6.75. The molecule has 178 valence electrons. The Bertz CT molecular complexity index is 1430. The van der Waals surface area contributed by atoms with E-state index in [9.17, 15) is 28.8 Å². The largest absolute Gasteiger partial charge is 0.480 e. The second-order valence-corrected chi connectivity index (χ2v) is 9.16. The van der Waals surface area contributed by atoms with E-state index in [1.807, 2.05) is 20.8 Å². The van der Waals surface area contributed by atoms with Crippen molar-refractivity contribution in [3.63, 3.8) is 0 Å². The normalized spacial score (nSPS) is 12.9. The molecule has 0 radical (unpaired) electrons. The van der Waals surface area contributed by atoms with E-state index in [1.54, 1.807) is 19.1 Å². The zero-order chi connectivity index (χ0) is 25.2. The highest BCUT2D eigenvalue weighted by Gasteiger charge is 2.28. The number of H-pyrrole nitrogens is 1. The molecule has 0 aliphatic carbocycles. The first-order valence-corrected chi connectivity index (χ1v) is 11.1. The van der Waals surface area contributed by atoms with Gasteiger partial charge in [0.1, 0.15) is 24.5 Å². The van der Waals surface area contributed by atoms with E-state index in [-0.39, 0.29) is 29.8 Å². The monoisotopic (exact) mass is 487 g/mol. The van der Waals surface area contributed by atoms with Crippen molar-refractivity contribution in [1.82, 2.24) is 34.1 Å². The summed E-state index contributed by atoms with van der Waals surface area (Å²) in [5.41, 5.74) is 0.200. The van der Waals surface area contributed by atoms with Crippen LogP contribution in [0.3, 0.4) is 0 Å². The number of nitrogens with one attached hydrogen (secondary N) is 2. The van der Waals surface area contributed by atoms with Crippen molar-refractivity contribution in [3.05, 3.63) is 22.9 Å². The molecule has 0 spiro atoms. The molecule has 1 unspecified atom stereocenters. The summed E-state index contributed by atoms with van der Waals surface area (Å²) < 4.78 is 26.3. The Morgan fingerprint density at radius 2 is 1.97 bits per heavy atom. The van der Waals surface area contributed by atoms with Crippen molar-refractivity contribution in [2.75, 3.05) is 6.54 Å². The Balaban J connectivity index is 2.12. The highest BCUT2D eigenvalue weighted by atomic mass is 32.2. The minimum absolute atomic E-state index is 0.124. The van der Waals surface area contributed by atoms with Gasteiger partial charge in [-0.25, -0.2) is 13.1 Å². The number of hydrogen-bond donors (Lipinski definition) is 4. The van der Waals surface area contributed by atoms with Gasteiger partial charge in [0.05, 0.1) is 5.69 Å². The molecule has 0 saturated heterocycles. The fourth-order valence-corrected chi connectivity index (χ4v) is 3.47. The number of aromatic nitrogens is 6. The van der Waals surface area contributed by atoms with Gasteiger partial charge in [-0.05, 0) is 0 Å². The Morgan fingerprint density at radius 1 is 1.26 bits per heavy atom. The number of carboxylic acid groups (broad SMARTS) is 1. The first kappa shape index (κ1) is 24.5. The molecule has 0 bridgehead atoms. The molecule has 0 aromatic carbocycles. The highest BCUT2D eigenvalue weighted by molar-refractivity contribution is 7.70. The van der Waals surface area contributed by atoms with Crippen molar-refractivity contribution in [3.8, 4) is 12.1 Å². The van der Waals surface area contributed by atoms with Crippen LogP contribution in [0.15, 0.2) is 10.2 Å². The number of hydrogen-bond acceptors (Lipinski definition) is 10. The molecule has 3 aromatic rings. The van der Waals surface area contributed by atoms with Gasteiger partial charge in [-0.15, -0.1) is 20.0 Å². The van der Waals surface area contributed by atoms with Crippen LogP contribution in [0.2, 0.25) is 0 Å². The van der Waals surface area contributed by atoms with E-state index in [4.69, 9.17) is 0 Å². The van der Waals surface area contributed by atoms with Gasteiger partial charge in [-0.1, -0.05) is 27.7 Å². The van der Waals surface area contributed by atoms with E-state index < -0.39 is 28.8 Å². The summed E-state index contributed by atoms with van der Waals surface area (Å²) in [4.78, 5) is 18.3. The van der Waals surface area contributed by atoms with Crippen LogP contribution < -0.4 is 4.72 Å². The number of nitriles is 2. The molecule has 34 heavy (non-hydrogen) atoms. The number of carbonyl (C=O) groups is 1. The molecule has 0 saturated carbocycles. The van der Waals surface area contributed by atoms with Crippen LogP contribution in [0.5, 0.6) is 0 Å². The molecule has 0 aliphatic heterocycles. The molecular formula is C18H21N11O4S. The maximum absolute atomic E-state index is 11.3. The van der Waals surface area contributed by atoms with Gasteiger partial charge in [0, 0.05) is 17.9 Å². The first-order chi connectivity index (χ1) is 16.0. The average Bonchev–Trinajstić information content (AvgIpc) is 3.40. The summed E-state index contributed by atoms with van der Waals surface area (Å²) in [6.45, 7) is 6.96.